The van der Waals surface area contributed by atoms with Gasteiger partial charge in [0.05, 0.1) is 0 Å². The van der Waals surface area contributed by atoms with Gasteiger partial charge in [-0.2, -0.15) is 0 Å². The summed E-state index contributed by atoms with van der Waals surface area (Å²) in [6.07, 6.45) is 93.1. The fraction of sp³-hybridized carbons (Fsp3) is 0.658. The van der Waals surface area contributed by atoms with Crippen LogP contribution in [0.3, 0.4) is 0 Å². The van der Waals surface area contributed by atoms with Gasteiger partial charge in [-0.3, -0.25) is 14.4 Å². The van der Waals surface area contributed by atoms with Crippen LogP contribution in [0.1, 0.15) is 290 Å². The zero-order valence-corrected chi connectivity index (χ0v) is 51.3. The first-order valence-corrected chi connectivity index (χ1v) is 32.7. The van der Waals surface area contributed by atoms with E-state index in [1.54, 1.807) is 0 Å². The van der Waals surface area contributed by atoms with Crippen LogP contribution in [-0.4, -0.2) is 37.2 Å². The lowest BCUT2D eigenvalue weighted by Crippen LogP contribution is -2.30. The standard InChI is InChI=1S/C73H120O6/c1-4-7-10-13-16-19-22-25-28-31-33-34-35-36-37-38-40-42-45-48-51-54-57-60-63-66-72(75)78-69-70(68-77-71(74)65-62-59-56-53-50-47-44-41-30-27-24-21-18-15-12-9-6-3)79-73(76)67-64-61-58-55-52-49-46-43-39-32-29-26-23-20-17-14-11-8-5-2/h7,9-10,12,16-21,25-30,33-34,39,43-44,47,70H,4-6,8,11,13-15,22-24,31-32,35-38,40-42,45-46,48-69H2,1-3H3/b10-7-,12-9-,19-16-,20-17-,21-18-,28-25-,29-26-,30-27-,34-33-,43-39-,47-44-. The Hall–Kier alpha value is -4.45. The molecule has 1 atom stereocenters. The van der Waals surface area contributed by atoms with Crippen LogP contribution in [-0.2, 0) is 28.6 Å². The molecule has 0 fully saturated rings. The van der Waals surface area contributed by atoms with Crippen LogP contribution in [0.25, 0.3) is 0 Å². The van der Waals surface area contributed by atoms with Crippen molar-refractivity contribution in [1.82, 2.24) is 0 Å². The van der Waals surface area contributed by atoms with Crippen LogP contribution in [0, 0.1) is 0 Å². The van der Waals surface area contributed by atoms with Crippen molar-refractivity contribution in [3.8, 4) is 0 Å². The van der Waals surface area contributed by atoms with Gasteiger partial charge in [0.1, 0.15) is 13.2 Å². The summed E-state index contributed by atoms with van der Waals surface area (Å²) in [5.74, 6) is -0.930. The highest BCUT2D eigenvalue weighted by molar-refractivity contribution is 5.71. The maximum absolute atomic E-state index is 12.9. The summed E-state index contributed by atoms with van der Waals surface area (Å²) < 4.78 is 16.9. The highest BCUT2D eigenvalue weighted by Crippen LogP contribution is 2.15. The monoisotopic (exact) mass is 1090 g/mol. The van der Waals surface area contributed by atoms with Crippen molar-refractivity contribution in [2.45, 2.75) is 297 Å². The summed E-state index contributed by atoms with van der Waals surface area (Å²) in [6, 6.07) is 0. The summed E-state index contributed by atoms with van der Waals surface area (Å²) in [6.45, 7) is 6.37. The summed E-state index contributed by atoms with van der Waals surface area (Å²) in [5.41, 5.74) is 0. The minimum Gasteiger partial charge on any atom is -0.462 e. The van der Waals surface area contributed by atoms with E-state index in [0.717, 1.165) is 148 Å². The number of unbranched alkanes of at least 4 members (excludes halogenated alkanes) is 25. The molecule has 448 valence electrons. The van der Waals surface area contributed by atoms with Gasteiger partial charge in [-0.05, 0) is 135 Å². The zero-order valence-electron chi connectivity index (χ0n) is 51.3. The summed E-state index contributed by atoms with van der Waals surface area (Å²) in [4.78, 5) is 38.4. The van der Waals surface area contributed by atoms with Gasteiger partial charge in [0.2, 0.25) is 0 Å². The fourth-order valence-corrected chi connectivity index (χ4v) is 8.79. The lowest BCUT2D eigenvalue weighted by atomic mass is 10.0. The lowest BCUT2D eigenvalue weighted by Gasteiger charge is -2.18. The fourth-order valence-electron chi connectivity index (χ4n) is 8.79. The third kappa shape index (κ3) is 64.3. The molecule has 0 spiro atoms. The second-order valence-corrected chi connectivity index (χ2v) is 21.3. The highest BCUT2D eigenvalue weighted by atomic mass is 16.6. The van der Waals surface area contributed by atoms with Crippen molar-refractivity contribution >= 4 is 17.9 Å². The predicted molar refractivity (Wildman–Crippen MR) is 343 cm³/mol. The average Bonchev–Trinajstić information content (AvgIpc) is 3.45. The first kappa shape index (κ1) is 74.5. The van der Waals surface area contributed by atoms with Crippen LogP contribution in [0.4, 0.5) is 0 Å². The van der Waals surface area contributed by atoms with Crippen LogP contribution in [0.5, 0.6) is 0 Å². The molecule has 0 aliphatic rings. The molecule has 0 aromatic rings. The Morgan fingerprint density at radius 1 is 0.266 bits per heavy atom. The molecule has 0 saturated heterocycles. The third-order valence-corrected chi connectivity index (χ3v) is 13.6. The second-order valence-electron chi connectivity index (χ2n) is 21.3. The van der Waals surface area contributed by atoms with Crippen molar-refractivity contribution in [3.05, 3.63) is 134 Å². The van der Waals surface area contributed by atoms with Crippen molar-refractivity contribution in [2.75, 3.05) is 13.2 Å². The topological polar surface area (TPSA) is 78.9 Å². The number of hydrogen-bond acceptors (Lipinski definition) is 6. The second kappa shape index (κ2) is 66.1. The minimum atomic E-state index is -0.803. The molecule has 0 heterocycles. The molecule has 0 aromatic heterocycles. The van der Waals surface area contributed by atoms with Gasteiger partial charge in [0, 0.05) is 19.3 Å². The van der Waals surface area contributed by atoms with Gasteiger partial charge in [0.25, 0.3) is 0 Å². The molecule has 1 unspecified atom stereocenters. The van der Waals surface area contributed by atoms with Crippen LogP contribution in [0.2, 0.25) is 0 Å². The van der Waals surface area contributed by atoms with E-state index in [2.05, 4.69) is 154 Å². The van der Waals surface area contributed by atoms with E-state index < -0.39 is 6.10 Å². The molecule has 0 aromatic carbocycles. The quantitative estimate of drug-likeness (QED) is 0.0261. The first-order chi connectivity index (χ1) is 39.0. The van der Waals surface area contributed by atoms with Crippen molar-refractivity contribution in [1.29, 1.82) is 0 Å². The summed E-state index contributed by atoms with van der Waals surface area (Å²) in [7, 11) is 0. The van der Waals surface area contributed by atoms with E-state index in [-0.39, 0.29) is 31.1 Å². The van der Waals surface area contributed by atoms with Gasteiger partial charge >= 0.3 is 17.9 Å². The average molecular weight is 1090 g/mol. The SMILES string of the molecule is CC/C=C\C/C=C\C/C=C\C/C=C\CCCCCCCCCCCCCCC(=O)OCC(COC(=O)CCCCCC/C=C\C/C=C\C/C=C\C/C=C\CC)OC(=O)CCCCCCCC/C=C\C/C=C\C/C=C\CCCCC. The molecule has 0 N–H and O–H groups in total. The molecule has 0 radical (unpaired) electrons. The van der Waals surface area contributed by atoms with Gasteiger partial charge < -0.3 is 14.2 Å². The number of rotatable bonds is 58. The number of carbonyl (C=O) groups excluding carboxylic acids is 3. The van der Waals surface area contributed by atoms with Crippen molar-refractivity contribution < 1.29 is 28.6 Å². The van der Waals surface area contributed by atoms with Crippen molar-refractivity contribution in [3.63, 3.8) is 0 Å². The molecule has 6 heteroatoms. The number of esters is 3. The van der Waals surface area contributed by atoms with E-state index in [1.165, 1.54) is 103 Å². The Morgan fingerprint density at radius 2 is 0.494 bits per heavy atom. The number of carbonyl (C=O) groups is 3. The van der Waals surface area contributed by atoms with E-state index in [4.69, 9.17) is 14.2 Å². The zero-order chi connectivity index (χ0) is 57.1. The van der Waals surface area contributed by atoms with Crippen LogP contribution < -0.4 is 0 Å². The van der Waals surface area contributed by atoms with Gasteiger partial charge in [-0.25, -0.2) is 0 Å². The highest BCUT2D eigenvalue weighted by Gasteiger charge is 2.19. The minimum absolute atomic E-state index is 0.0955. The van der Waals surface area contributed by atoms with Gasteiger partial charge in [-0.1, -0.05) is 270 Å². The Bertz CT molecular complexity index is 1680. The van der Waals surface area contributed by atoms with Crippen LogP contribution >= 0.6 is 0 Å². The number of ether oxygens (including phenoxy) is 3. The van der Waals surface area contributed by atoms with Gasteiger partial charge in [0.15, 0.2) is 6.10 Å². The van der Waals surface area contributed by atoms with Gasteiger partial charge in [-0.15, -0.1) is 0 Å². The van der Waals surface area contributed by atoms with E-state index in [1.807, 2.05) is 0 Å². The Kier molecular flexibility index (Phi) is 62.3. The normalized spacial score (nSPS) is 13.0. The smallest absolute Gasteiger partial charge is 0.306 e. The summed E-state index contributed by atoms with van der Waals surface area (Å²) in [5, 5.41) is 0. The third-order valence-electron chi connectivity index (χ3n) is 13.6. The molecule has 79 heavy (non-hydrogen) atoms. The molecule has 0 aliphatic heterocycles. The number of allylic oxidation sites excluding steroid dienone is 22. The first-order valence-electron chi connectivity index (χ1n) is 32.7. The van der Waals surface area contributed by atoms with E-state index >= 15 is 0 Å². The largest absolute Gasteiger partial charge is 0.462 e. The van der Waals surface area contributed by atoms with Crippen LogP contribution in [0.15, 0.2) is 134 Å². The Balaban J connectivity index is 4.42. The number of hydrogen-bond donors (Lipinski definition) is 0. The molecule has 0 rings (SSSR count). The Labute approximate surface area is 487 Å². The molecule has 0 amide bonds. The molecule has 0 bridgehead atoms. The maximum atomic E-state index is 12.9. The molecule has 6 nitrogen and oxygen atoms in total. The lowest BCUT2D eigenvalue weighted by molar-refractivity contribution is -0.167. The van der Waals surface area contributed by atoms with E-state index in [0.29, 0.717) is 19.3 Å². The van der Waals surface area contributed by atoms with Crippen molar-refractivity contribution in [2.24, 2.45) is 0 Å². The summed E-state index contributed by atoms with van der Waals surface area (Å²) >= 11 is 0. The molecule has 0 saturated carbocycles. The predicted octanol–water partition coefficient (Wildman–Crippen LogP) is 22.5. The molecular formula is C73H120O6. The Morgan fingerprint density at radius 3 is 0.772 bits per heavy atom. The maximum Gasteiger partial charge on any atom is 0.306 e. The van der Waals surface area contributed by atoms with E-state index in [9.17, 15) is 14.4 Å². The molecule has 0 aliphatic carbocycles. The molecular weight excluding hydrogens is 973 g/mol.